The van der Waals surface area contributed by atoms with Crippen LogP contribution in [0.15, 0.2) is 36.7 Å². The Morgan fingerprint density at radius 1 is 0.958 bits per heavy atom. The Morgan fingerprint density at radius 3 is 2.25 bits per heavy atom. The van der Waals surface area contributed by atoms with Gasteiger partial charge < -0.3 is 9.47 Å². The van der Waals surface area contributed by atoms with Gasteiger partial charge in [-0.2, -0.15) is 0 Å². The summed E-state index contributed by atoms with van der Waals surface area (Å²) in [4.78, 5) is 20.2. The summed E-state index contributed by atoms with van der Waals surface area (Å²) < 4.78 is 10.8. The van der Waals surface area contributed by atoms with E-state index in [-0.39, 0.29) is 5.97 Å². The Bertz CT molecular complexity index is 624. The molecule has 0 aliphatic heterocycles. The Balaban J connectivity index is 1.93. The molecule has 0 fully saturated rings. The topological polar surface area (TPSA) is 61.3 Å². The average molecular weight is 328 g/mol. The molecule has 0 atom stereocenters. The molecule has 5 heteroatoms. The predicted octanol–water partition coefficient (Wildman–Crippen LogP) is 4.42. The van der Waals surface area contributed by atoms with Gasteiger partial charge in [0.1, 0.15) is 5.75 Å². The number of hydrogen-bond donors (Lipinski definition) is 0. The van der Waals surface area contributed by atoms with Crippen LogP contribution in [-0.2, 0) is 4.79 Å². The highest BCUT2D eigenvalue weighted by molar-refractivity contribution is 5.72. The van der Waals surface area contributed by atoms with E-state index in [1.165, 1.54) is 0 Å². The van der Waals surface area contributed by atoms with Crippen LogP contribution in [0.25, 0.3) is 11.4 Å². The van der Waals surface area contributed by atoms with Gasteiger partial charge in [-0.1, -0.05) is 26.7 Å². The summed E-state index contributed by atoms with van der Waals surface area (Å²) in [5, 5.41) is 0. The highest BCUT2D eigenvalue weighted by atomic mass is 16.5. The van der Waals surface area contributed by atoms with Gasteiger partial charge in [0.15, 0.2) is 11.6 Å². The molecule has 0 amide bonds. The van der Waals surface area contributed by atoms with E-state index in [4.69, 9.17) is 9.47 Å². The number of aromatic nitrogens is 2. The molecule has 0 saturated heterocycles. The SMILES string of the molecule is CCCCOc1cnc(-c2ccc(OC(=O)CCCC)cc2)nc1. The van der Waals surface area contributed by atoms with E-state index in [0.29, 0.717) is 30.4 Å². The lowest BCUT2D eigenvalue weighted by Crippen LogP contribution is -2.07. The van der Waals surface area contributed by atoms with Crippen LogP contribution in [0.4, 0.5) is 0 Å². The third-order valence-corrected chi connectivity index (χ3v) is 3.47. The molecule has 1 aromatic carbocycles. The summed E-state index contributed by atoms with van der Waals surface area (Å²) in [6.45, 7) is 4.84. The van der Waals surface area contributed by atoms with Crippen molar-refractivity contribution >= 4 is 5.97 Å². The minimum absolute atomic E-state index is 0.200. The molecule has 5 nitrogen and oxygen atoms in total. The predicted molar refractivity (Wildman–Crippen MR) is 93.0 cm³/mol. The van der Waals surface area contributed by atoms with E-state index < -0.39 is 0 Å². The summed E-state index contributed by atoms with van der Waals surface area (Å²) in [5.41, 5.74) is 0.864. The van der Waals surface area contributed by atoms with E-state index in [1.807, 2.05) is 19.1 Å². The summed E-state index contributed by atoms with van der Waals surface area (Å²) >= 11 is 0. The van der Waals surface area contributed by atoms with Crippen molar-refractivity contribution in [2.24, 2.45) is 0 Å². The van der Waals surface area contributed by atoms with Crippen molar-refractivity contribution in [3.05, 3.63) is 36.7 Å². The smallest absolute Gasteiger partial charge is 0.311 e. The van der Waals surface area contributed by atoms with Gasteiger partial charge in [0.05, 0.1) is 19.0 Å². The summed E-state index contributed by atoms with van der Waals surface area (Å²) in [6, 6.07) is 7.20. The zero-order valence-electron chi connectivity index (χ0n) is 14.3. The van der Waals surface area contributed by atoms with Crippen molar-refractivity contribution in [3.8, 4) is 22.9 Å². The minimum Gasteiger partial charge on any atom is -0.490 e. The molecular weight excluding hydrogens is 304 g/mol. The number of carbonyl (C=O) groups excluding carboxylic acids is 1. The molecule has 0 unspecified atom stereocenters. The maximum Gasteiger partial charge on any atom is 0.311 e. The van der Waals surface area contributed by atoms with Gasteiger partial charge in [0.25, 0.3) is 0 Å². The second-order valence-electron chi connectivity index (χ2n) is 5.55. The van der Waals surface area contributed by atoms with Crippen molar-refractivity contribution in [1.29, 1.82) is 0 Å². The van der Waals surface area contributed by atoms with Gasteiger partial charge in [-0.05, 0) is 37.1 Å². The fraction of sp³-hybridized carbons (Fsp3) is 0.421. The first-order chi connectivity index (χ1) is 11.7. The molecule has 1 heterocycles. The van der Waals surface area contributed by atoms with Crippen LogP contribution in [0.2, 0.25) is 0 Å². The number of unbranched alkanes of at least 4 members (excludes halogenated alkanes) is 2. The summed E-state index contributed by atoms with van der Waals surface area (Å²) in [5.74, 6) is 1.63. The summed E-state index contributed by atoms with van der Waals surface area (Å²) in [7, 11) is 0. The van der Waals surface area contributed by atoms with E-state index >= 15 is 0 Å². The van der Waals surface area contributed by atoms with Crippen LogP contribution in [0.1, 0.15) is 46.0 Å². The molecule has 0 bridgehead atoms. The van der Waals surface area contributed by atoms with Crippen molar-refractivity contribution < 1.29 is 14.3 Å². The van der Waals surface area contributed by atoms with Crippen LogP contribution < -0.4 is 9.47 Å². The molecule has 0 aliphatic carbocycles. The molecule has 2 rings (SSSR count). The van der Waals surface area contributed by atoms with Crippen molar-refractivity contribution in [3.63, 3.8) is 0 Å². The lowest BCUT2D eigenvalue weighted by molar-refractivity contribution is -0.134. The second kappa shape index (κ2) is 9.65. The number of benzene rings is 1. The first-order valence-electron chi connectivity index (χ1n) is 8.49. The summed E-state index contributed by atoms with van der Waals surface area (Å²) in [6.07, 6.45) is 7.73. The fourth-order valence-corrected chi connectivity index (χ4v) is 2.05. The first kappa shape index (κ1) is 17.9. The van der Waals surface area contributed by atoms with Gasteiger partial charge in [0, 0.05) is 12.0 Å². The minimum atomic E-state index is -0.200. The normalized spacial score (nSPS) is 10.4. The molecule has 2 aromatic rings. The highest BCUT2D eigenvalue weighted by Gasteiger charge is 2.06. The number of ether oxygens (including phenoxy) is 2. The highest BCUT2D eigenvalue weighted by Crippen LogP contribution is 2.21. The first-order valence-corrected chi connectivity index (χ1v) is 8.49. The number of rotatable bonds is 9. The molecule has 0 aliphatic rings. The molecule has 0 N–H and O–H groups in total. The van der Waals surface area contributed by atoms with Crippen molar-refractivity contribution in [1.82, 2.24) is 9.97 Å². The molecule has 0 radical (unpaired) electrons. The van der Waals surface area contributed by atoms with E-state index in [1.54, 1.807) is 24.5 Å². The van der Waals surface area contributed by atoms with Gasteiger partial charge in [-0.15, -0.1) is 0 Å². The van der Waals surface area contributed by atoms with E-state index in [0.717, 1.165) is 31.2 Å². The fourth-order valence-electron chi connectivity index (χ4n) is 2.05. The largest absolute Gasteiger partial charge is 0.490 e. The van der Waals surface area contributed by atoms with Crippen LogP contribution >= 0.6 is 0 Å². The third kappa shape index (κ3) is 5.65. The molecule has 24 heavy (non-hydrogen) atoms. The quantitative estimate of drug-likeness (QED) is 0.387. The van der Waals surface area contributed by atoms with E-state index in [2.05, 4.69) is 16.9 Å². The van der Waals surface area contributed by atoms with Crippen LogP contribution in [-0.4, -0.2) is 22.5 Å². The number of carbonyl (C=O) groups is 1. The second-order valence-corrected chi connectivity index (χ2v) is 5.55. The number of nitrogens with zero attached hydrogens (tertiary/aromatic N) is 2. The zero-order valence-corrected chi connectivity index (χ0v) is 14.3. The molecular formula is C19H24N2O3. The van der Waals surface area contributed by atoms with Gasteiger partial charge in [-0.25, -0.2) is 9.97 Å². The van der Waals surface area contributed by atoms with Gasteiger partial charge in [0.2, 0.25) is 0 Å². The Labute approximate surface area is 143 Å². The Hall–Kier alpha value is -2.43. The Kier molecular flexibility index (Phi) is 7.21. The molecule has 0 saturated carbocycles. The van der Waals surface area contributed by atoms with Gasteiger partial charge in [-0.3, -0.25) is 4.79 Å². The average Bonchev–Trinajstić information content (AvgIpc) is 2.61. The zero-order chi connectivity index (χ0) is 17.2. The van der Waals surface area contributed by atoms with Crippen LogP contribution in [0, 0.1) is 0 Å². The standard InChI is InChI=1S/C19H24N2O3/c1-3-5-7-18(22)24-16-10-8-15(9-11-16)19-20-13-17(14-21-19)23-12-6-4-2/h8-11,13-14H,3-7,12H2,1-2H3. The number of hydrogen-bond acceptors (Lipinski definition) is 5. The third-order valence-electron chi connectivity index (χ3n) is 3.47. The number of esters is 1. The van der Waals surface area contributed by atoms with Gasteiger partial charge >= 0.3 is 5.97 Å². The van der Waals surface area contributed by atoms with Crippen molar-refractivity contribution in [2.45, 2.75) is 46.0 Å². The maximum atomic E-state index is 11.6. The van der Waals surface area contributed by atoms with Crippen molar-refractivity contribution in [2.75, 3.05) is 6.61 Å². The van der Waals surface area contributed by atoms with Crippen LogP contribution in [0.3, 0.4) is 0 Å². The molecule has 1 aromatic heterocycles. The van der Waals surface area contributed by atoms with Crippen LogP contribution in [0.5, 0.6) is 11.5 Å². The monoisotopic (exact) mass is 328 g/mol. The lowest BCUT2D eigenvalue weighted by Gasteiger charge is -2.06. The molecule has 128 valence electrons. The Morgan fingerprint density at radius 2 is 1.62 bits per heavy atom. The molecule has 0 spiro atoms. The van der Waals surface area contributed by atoms with E-state index in [9.17, 15) is 4.79 Å². The lowest BCUT2D eigenvalue weighted by atomic mass is 10.2. The maximum absolute atomic E-state index is 11.6.